The van der Waals surface area contributed by atoms with E-state index >= 15 is 0 Å². The van der Waals surface area contributed by atoms with Gasteiger partial charge in [-0.15, -0.1) is 0 Å². The predicted octanol–water partition coefficient (Wildman–Crippen LogP) is 3.07. The SMILES string of the molecule is Cc1cccc(CC(O)C2COc3ccccc32)c1. The first kappa shape index (κ1) is 12.2. The summed E-state index contributed by atoms with van der Waals surface area (Å²) in [7, 11) is 0. The Balaban J connectivity index is 1.77. The molecule has 3 rings (SSSR count). The van der Waals surface area contributed by atoms with Gasteiger partial charge in [0.25, 0.3) is 0 Å². The fourth-order valence-corrected chi connectivity index (χ4v) is 2.73. The van der Waals surface area contributed by atoms with Gasteiger partial charge in [0.05, 0.1) is 12.7 Å². The minimum atomic E-state index is -0.398. The molecule has 1 N–H and O–H groups in total. The molecule has 98 valence electrons. The maximum atomic E-state index is 10.5. The van der Waals surface area contributed by atoms with E-state index < -0.39 is 6.10 Å². The molecule has 0 radical (unpaired) electrons. The predicted molar refractivity (Wildman–Crippen MR) is 75.6 cm³/mol. The summed E-state index contributed by atoms with van der Waals surface area (Å²) < 4.78 is 5.63. The van der Waals surface area contributed by atoms with Crippen LogP contribution >= 0.6 is 0 Å². The highest BCUT2D eigenvalue weighted by atomic mass is 16.5. The molecule has 0 saturated carbocycles. The van der Waals surface area contributed by atoms with E-state index in [-0.39, 0.29) is 5.92 Å². The molecular formula is C17H18O2. The Kier molecular flexibility index (Phi) is 3.26. The number of hydrogen-bond acceptors (Lipinski definition) is 2. The van der Waals surface area contributed by atoms with Gasteiger partial charge in [0.2, 0.25) is 0 Å². The lowest BCUT2D eigenvalue weighted by atomic mass is 9.91. The highest BCUT2D eigenvalue weighted by Crippen LogP contribution is 2.36. The zero-order valence-electron chi connectivity index (χ0n) is 11.0. The molecule has 19 heavy (non-hydrogen) atoms. The van der Waals surface area contributed by atoms with Gasteiger partial charge in [0.15, 0.2) is 0 Å². The van der Waals surface area contributed by atoms with Crippen LogP contribution in [0.1, 0.15) is 22.6 Å². The average Bonchev–Trinajstić information content (AvgIpc) is 2.82. The van der Waals surface area contributed by atoms with Gasteiger partial charge in [-0.3, -0.25) is 0 Å². The summed E-state index contributed by atoms with van der Waals surface area (Å²) in [6.07, 6.45) is 0.273. The molecule has 2 aromatic rings. The Morgan fingerprint density at radius 3 is 2.89 bits per heavy atom. The van der Waals surface area contributed by atoms with Crippen molar-refractivity contribution >= 4 is 0 Å². The van der Waals surface area contributed by atoms with Gasteiger partial charge in [0.1, 0.15) is 5.75 Å². The Bertz CT molecular complexity index is 577. The molecule has 2 atom stereocenters. The van der Waals surface area contributed by atoms with Gasteiger partial charge in [-0.05, 0) is 25.0 Å². The van der Waals surface area contributed by atoms with Gasteiger partial charge in [0, 0.05) is 11.5 Å². The van der Waals surface area contributed by atoms with E-state index in [4.69, 9.17) is 4.74 Å². The smallest absolute Gasteiger partial charge is 0.123 e. The lowest BCUT2D eigenvalue weighted by Gasteiger charge is -2.17. The largest absolute Gasteiger partial charge is 0.493 e. The summed E-state index contributed by atoms with van der Waals surface area (Å²) in [6, 6.07) is 16.3. The topological polar surface area (TPSA) is 29.5 Å². The maximum Gasteiger partial charge on any atom is 0.123 e. The van der Waals surface area contributed by atoms with Crippen molar-refractivity contribution in [3.63, 3.8) is 0 Å². The summed E-state index contributed by atoms with van der Waals surface area (Å²) in [5.74, 6) is 0.993. The van der Waals surface area contributed by atoms with Crippen molar-refractivity contribution in [2.75, 3.05) is 6.61 Å². The van der Waals surface area contributed by atoms with Crippen molar-refractivity contribution in [2.24, 2.45) is 0 Å². The van der Waals surface area contributed by atoms with Crippen molar-refractivity contribution < 1.29 is 9.84 Å². The van der Waals surface area contributed by atoms with Crippen LogP contribution in [0, 0.1) is 6.92 Å². The zero-order chi connectivity index (χ0) is 13.2. The third-order valence-corrected chi connectivity index (χ3v) is 3.73. The lowest BCUT2D eigenvalue weighted by molar-refractivity contribution is 0.129. The lowest BCUT2D eigenvalue weighted by Crippen LogP contribution is -2.22. The minimum Gasteiger partial charge on any atom is -0.493 e. The van der Waals surface area contributed by atoms with E-state index in [0.29, 0.717) is 13.0 Å². The second kappa shape index (κ2) is 5.06. The number of ether oxygens (including phenoxy) is 1. The molecule has 2 heteroatoms. The summed E-state index contributed by atoms with van der Waals surface area (Å²) in [4.78, 5) is 0. The Labute approximate surface area is 113 Å². The van der Waals surface area contributed by atoms with Crippen LogP contribution in [0.4, 0.5) is 0 Å². The van der Waals surface area contributed by atoms with E-state index in [0.717, 1.165) is 11.3 Å². The number of fused-ring (bicyclic) bond motifs is 1. The van der Waals surface area contributed by atoms with Crippen molar-refractivity contribution in [1.29, 1.82) is 0 Å². The molecule has 0 saturated heterocycles. The van der Waals surface area contributed by atoms with Gasteiger partial charge in [-0.1, -0.05) is 48.0 Å². The highest BCUT2D eigenvalue weighted by molar-refractivity contribution is 5.40. The molecule has 0 aliphatic carbocycles. The van der Waals surface area contributed by atoms with Crippen LogP contribution in [0.2, 0.25) is 0 Å². The molecule has 2 aromatic carbocycles. The molecule has 1 heterocycles. The van der Waals surface area contributed by atoms with E-state index in [1.807, 2.05) is 30.3 Å². The minimum absolute atomic E-state index is 0.0803. The molecule has 0 aromatic heterocycles. The normalized spacial score (nSPS) is 18.7. The van der Waals surface area contributed by atoms with Gasteiger partial charge >= 0.3 is 0 Å². The van der Waals surface area contributed by atoms with Crippen molar-refractivity contribution in [1.82, 2.24) is 0 Å². The van der Waals surface area contributed by atoms with Crippen LogP contribution < -0.4 is 4.74 Å². The van der Waals surface area contributed by atoms with Crippen LogP contribution in [0.25, 0.3) is 0 Å². The fraction of sp³-hybridized carbons (Fsp3) is 0.294. The molecule has 2 unspecified atom stereocenters. The van der Waals surface area contributed by atoms with Gasteiger partial charge < -0.3 is 9.84 Å². The van der Waals surface area contributed by atoms with E-state index in [2.05, 4.69) is 25.1 Å². The Hall–Kier alpha value is -1.80. The summed E-state index contributed by atoms with van der Waals surface area (Å²) in [5, 5.41) is 10.5. The van der Waals surface area contributed by atoms with Crippen LogP contribution in [-0.4, -0.2) is 17.8 Å². The molecular weight excluding hydrogens is 236 g/mol. The third kappa shape index (κ3) is 2.49. The van der Waals surface area contributed by atoms with E-state index in [1.165, 1.54) is 11.1 Å². The van der Waals surface area contributed by atoms with Crippen LogP contribution in [0.15, 0.2) is 48.5 Å². The zero-order valence-corrected chi connectivity index (χ0v) is 11.0. The third-order valence-electron chi connectivity index (χ3n) is 3.73. The first-order valence-electron chi connectivity index (χ1n) is 6.69. The maximum absolute atomic E-state index is 10.5. The number of aliphatic hydroxyl groups excluding tert-OH is 1. The Morgan fingerprint density at radius 2 is 2.05 bits per heavy atom. The molecule has 0 spiro atoms. The van der Waals surface area contributed by atoms with E-state index in [1.54, 1.807) is 0 Å². The average molecular weight is 254 g/mol. The molecule has 0 amide bonds. The highest BCUT2D eigenvalue weighted by Gasteiger charge is 2.29. The quantitative estimate of drug-likeness (QED) is 0.912. The molecule has 1 aliphatic heterocycles. The summed E-state index contributed by atoms with van der Waals surface area (Å²) in [5.41, 5.74) is 3.53. The molecule has 2 nitrogen and oxygen atoms in total. The fourth-order valence-electron chi connectivity index (χ4n) is 2.73. The second-order valence-electron chi connectivity index (χ2n) is 5.22. The van der Waals surface area contributed by atoms with Gasteiger partial charge in [-0.2, -0.15) is 0 Å². The van der Waals surface area contributed by atoms with E-state index in [9.17, 15) is 5.11 Å². The molecule has 0 bridgehead atoms. The number of benzene rings is 2. The number of aliphatic hydroxyl groups is 1. The first-order chi connectivity index (χ1) is 9.24. The van der Waals surface area contributed by atoms with Crippen molar-refractivity contribution in [2.45, 2.75) is 25.4 Å². The van der Waals surface area contributed by atoms with Crippen molar-refractivity contribution in [3.8, 4) is 5.75 Å². The number of aryl methyl sites for hydroxylation is 1. The molecule has 1 aliphatic rings. The molecule has 0 fully saturated rings. The standard InChI is InChI=1S/C17H18O2/c1-12-5-4-6-13(9-12)10-16(18)15-11-19-17-8-3-2-7-14(15)17/h2-9,15-16,18H,10-11H2,1H3. The summed E-state index contributed by atoms with van der Waals surface area (Å²) >= 11 is 0. The van der Waals surface area contributed by atoms with Crippen LogP contribution in [0.3, 0.4) is 0 Å². The van der Waals surface area contributed by atoms with Crippen LogP contribution in [-0.2, 0) is 6.42 Å². The second-order valence-corrected chi connectivity index (χ2v) is 5.22. The number of rotatable bonds is 3. The van der Waals surface area contributed by atoms with Crippen molar-refractivity contribution in [3.05, 3.63) is 65.2 Å². The summed E-state index contributed by atoms with van der Waals surface area (Å²) in [6.45, 7) is 2.65. The Morgan fingerprint density at radius 1 is 1.21 bits per heavy atom. The first-order valence-corrected chi connectivity index (χ1v) is 6.69. The monoisotopic (exact) mass is 254 g/mol. The number of hydrogen-bond donors (Lipinski definition) is 1. The van der Waals surface area contributed by atoms with Crippen LogP contribution in [0.5, 0.6) is 5.75 Å². The number of para-hydroxylation sites is 1. The van der Waals surface area contributed by atoms with Gasteiger partial charge in [-0.25, -0.2) is 0 Å².